The molecule has 2 aromatic rings. The first-order chi connectivity index (χ1) is 16.8. The number of rotatable bonds is 6. The molecule has 2 N–H and O–H groups in total. The fourth-order valence-electron chi connectivity index (χ4n) is 4.79. The van der Waals surface area contributed by atoms with Crippen molar-refractivity contribution >= 4 is 17.9 Å². The third-order valence-electron chi connectivity index (χ3n) is 6.99. The smallest absolute Gasteiger partial charge is 0.247 e. The summed E-state index contributed by atoms with van der Waals surface area (Å²) in [6.07, 6.45) is 12.5. The molecular formula is C29H42N4O2. The monoisotopic (exact) mass is 478 g/mol. The lowest BCUT2D eigenvalue weighted by molar-refractivity contribution is -0.123. The molecule has 1 saturated heterocycles. The average molecular weight is 479 g/mol. The molecule has 2 fully saturated rings. The molecule has 2 atom stereocenters. The minimum absolute atomic E-state index is 0.0577. The van der Waals surface area contributed by atoms with Crippen molar-refractivity contribution in [2.75, 3.05) is 18.5 Å². The summed E-state index contributed by atoms with van der Waals surface area (Å²) < 4.78 is 0. The van der Waals surface area contributed by atoms with E-state index in [1.165, 1.54) is 24.8 Å². The number of nitrogens with zero attached hydrogens (tertiary/aromatic N) is 2. The molecule has 1 aromatic heterocycles. The van der Waals surface area contributed by atoms with Crippen LogP contribution in [-0.4, -0.2) is 42.9 Å². The van der Waals surface area contributed by atoms with Crippen molar-refractivity contribution in [2.24, 2.45) is 0 Å². The zero-order valence-corrected chi connectivity index (χ0v) is 21.8. The highest BCUT2D eigenvalue weighted by Gasteiger charge is 2.28. The van der Waals surface area contributed by atoms with Crippen molar-refractivity contribution in [3.05, 3.63) is 59.9 Å². The quantitative estimate of drug-likeness (QED) is 0.575. The maximum atomic E-state index is 13.3. The van der Waals surface area contributed by atoms with Crippen LogP contribution in [0.1, 0.15) is 82.9 Å². The van der Waals surface area contributed by atoms with E-state index in [2.05, 4.69) is 65.6 Å². The number of hydrogen-bond acceptors (Lipinski definition) is 5. The third kappa shape index (κ3) is 7.89. The molecule has 2 unspecified atom stereocenters. The molecule has 35 heavy (non-hydrogen) atoms. The van der Waals surface area contributed by atoms with Crippen LogP contribution in [0.5, 0.6) is 0 Å². The van der Waals surface area contributed by atoms with E-state index in [1.54, 1.807) is 12.4 Å². The number of carbonyl (C=O) groups is 2. The van der Waals surface area contributed by atoms with Gasteiger partial charge in [0, 0.05) is 36.7 Å². The molecule has 1 aromatic carbocycles. The van der Waals surface area contributed by atoms with E-state index in [0.717, 1.165) is 49.8 Å². The lowest BCUT2D eigenvalue weighted by Gasteiger charge is -2.32. The van der Waals surface area contributed by atoms with Gasteiger partial charge in [-0.25, -0.2) is 0 Å². The second-order valence-corrected chi connectivity index (χ2v) is 10.8. The number of anilines is 1. The van der Waals surface area contributed by atoms with E-state index in [-0.39, 0.29) is 23.4 Å². The van der Waals surface area contributed by atoms with Crippen LogP contribution in [0.2, 0.25) is 0 Å². The average Bonchev–Trinajstić information content (AvgIpc) is 3.40. The van der Waals surface area contributed by atoms with Gasteiger partial charge in [0.1, 0.15) is 12.3 Å². The minimum Gasteiger partial charge on any atom is -0.359 e. The van der Waals surface area contributed by atoms with Crippen LogP contribution < -0.4 is 15.5 Å². The van der Waals surface area contributed by atoms with Crippen LogP contribution in [0, 0.1) is 0 Å². The van der Waals surface area contributed by atoms with Crippen molar-refractivity contribution in [1.29, 1.82) is 0 Å². The molecule has 0 radical (unpaired) electrons. The van der Waals surface area contributed by atoms with Crippen molar-refractivity contribution in [3.8, 4) is 0 Å². The molecule has 4 rings (SSSR count). The van der Waals surface area contributed by atoms with Gasteiger partial charge in [0.15, 0.2) is 0 Å². The summed E-state index contributed by atoms with van der Waals surface area (Å²) >= 11 is 0. The summed E-state index contributed by atoms with van der Waals surface area (Å²) in [5.41, 5.74) is 3.34. The molecule has 1 aliphatic carbocycles. The fraction of sp³-hybridized carbons (Fsp3) is 0.552. The zero-order valence-electron chi connectivity index (χ0n) is 21.8. The number of benzene rings is 1. The van der Waals surface area contributed by atoms with Gasteiger partial charge in [-0.3, -0.25) is 9.78 Å². The highest BCUT2D eigenvalue weighted by atomic mass is 16.2. The molecule has 0 bridgehead atoms. The molecule has 2 aliphatic rings. The lowest BCUT2D eigenvalue weighted by atomic mass is 9.87. The Hall–Kier alpha value is -2.73. The summed E-state index contributed by atoms with van der Waals surface area (Å²) in [5, 5.41) is 6.33. The standard InChI is InChI=1S/C24H33N3O.C5H9NO/c1-24(2,3)19-12-14-21(15-13-19)27(4)22(18-9-8-16-25-17-18)23(28)26-20-10-6-5-7-11-20;7-4-5-2-1-3-6-5/h8-9,12-17,20,22H,5-7,10-11H2,1-4H3,(H,26,28);4-6H,1-3H2. The zero-order chi connectivity index (χ0) is 25.3. The van der Waals surface area contributed by atoms with Gasteiger partial charge in [-0.05, 0) is 61.4 Å². The van der Waals surface area contributed by atoms with E-state index >= 15 is 0 Å². The maximum absolute atomic E-state index is 13.3. The Morgan fingerprint density at radius 1 is 1.09 bits per heavy atom. The van der Waals surface area contributed by atoms with E-state index in [9.17, 15) is 9.59 Å². The highest BCUT2D eigenvalue weighted by molar-refractivity contribution is 5.86. The van der Waals surface area contributed by atoms with Gasteiger partial charge in [-0.2, -0.15) is 0 Å². The topological polar surface area (TPSA) is 74.3 Å². The van der Waals surface area contributed by atoms with Gasteiger partial charge < -0.3 is 20.3 Å². The maximum Gasteiger partial charge on any atom is 0.247 e. The fourth-order valence-corrected chi connectivity index (χ4v) is 4.79. The first kappa shape index (κ1) is 26.9. The predicted octanol–water partition coefficient (Wildman–Crippen LogP) is 4.94. The van der Waals surface area contributed by atoms with Crippen molar-refractivity contribution in [1.82, 2.24) is 15.6 Å². The summed E-state index contributed by atoms with van der Waals surface area (Å²) in [6, 6.07) is 12.5. The Morgan fingerprint density at radius 3 is 2.31 bits per heavy atom. The number of amides is 1. The SMILES string of the molecule is CN(c1ccc(C(C)(C)C)cc1)C(C(=O)NC1CCCCC1)c1cccnc1.O=CC1CCCN1. The molecule has 1 amide bonds. The Morgan fingerprint density at radius 2 is 1.80 bits per heavy atom. The van der Waals surface area contributed by atoms with Crippen LogP contribution in [0.3, 0.4) is 0 Å². The molecule has 1 saturated carbocycles. The predicted molar refractivity (Wildman–Crippen MR) is 143 cm³/mol. The van der Waals surface area contributed by atoms with Gasteiger partial charge in [-0.15, -0.1) is 0 Å². The second-order valence-electron chi connectivity index (χ2n) is 10.8. The van der Waals surface area contributed by atoms with Crippen LogP contribution in [0.25, 0.3) is 0 Å². The number of carbonyl (C=O) groups excluding carboxylic acids is 2. The molecule has 0 spiro atoms. The normalized spacial score (nSPS) is 19.3. The number of likely N-dealkylation sites (N-methyl/N-ethyl adjacent to an activating group) is 1. The number of hydrogen-bond donors (Lipinski definition) is 2. The summed E-state index contributed by atoms with van der Waals surface area (Å²) in [6.45, 7) is 7.65. The summed E-state index contributed by atoms with van der Waals surface area (Å²) in [5.74, 6) is 0.0577. The van der Waals surface area contributed by atoms with Crippen molar-refractivity contribution in [3.63, 3.8) is 0 Å². The number of pyridine rings is 1. The van der Waals surface area contributed by atoms with E-state index < -0.39 is 6.04 Å². The largest absolute Gasteiger partial charge is 0.359 e. The molecule has 2 heterocycles. The Labute approximate surface area is 210 Å². The van der Waals surface area contributed by atoms with Crippen LogP contribution in [0.15, 0.2) is 48.8 Å². The van der Waals surface area contributed by atoms with Gasteiger partial charge in [0.05, 0.1) is 6.04 Å². The Bertz CT molecular complexity index is 912. The van der Waals surface area contributed by atoms with E-state index in [4.69, 9.17) is 0 Å². The lowest BCUT2D eigenvalue weighted by Crippen LogP contribution is -2.44. The van der Waals surface area contributed by atoms with Crippen LogP contribution in [0.4, 0.5) is 5.69 Å². The van der Waals surface area contributed by atoms with Crippen molar-refractivity contribution in [2.45, 2.75) is 89.3 Å². The minimum atomic E-state index is -0.392. The van der Waals surface area contributed by atoms with Crippen LogP contribution in [-0.2, 0) is 15.0 Å². The molecule has 6 heteroatoms. The van der Waals surface area contributed by atoms with Crippen molar-refractivity contribution < 1.29 is 9.59 Å². The number of aromatic nitrogens is 1. The molecule has 190 valence electrons. The molecule has 1 aliphatic heterocycles. The van der Waals surface area contributed by atoms with E-state index in [0.29, 0.717) is 0 Å². The Balaban J connectivity index is 0.000000420. The molecular weight excluding hydrogens is 436 g/mol. The van der Waals surface area contributed by atoms with Gasteiger partial charge >= 0.3 is 0 Å². The first-order valence-electron chi connectivity index (χ1n) is 13.0. The number of aldehydes is 1. The highest BCUT2D eigenvalue weighted by Crippen LogP contribution is 2.29. The van der Waals surface area contributed by atoms with Crippen LogP contribution >= 0.6 is 0 Å². The Kier molecular flexibility index (Phi) is 9.84. The van der Waals surface area contributed by atoms with Gasteiger partial charge in [-0.1, -0.05) is 58.2 Å². The third-order valence-corrected chi connectivity index (χ3v) is 6.99. The van der Waals surface area contributed by atoms with Gasteiger partial charge in [0.25, 0.3) is 0 Å². The second kappa shape index (κ2) is 12.8. The van der Waals surface area contributed by atoms with Gasteiger partial charge in [0.2, 0.25) is 5.91 Å². The summed E-state index contributed by atoms with van der Waals surface area (Å²) in [7, 11) is 1.99. The molecule has 6 nitrogen and oxygen atoms in total. The first-order valence-corrected chi connectivity index (χ1v) is 13.0. The number of nitrogens with one attached hydrogen (secondary N) is 2. The summed E-state index contributed by atoms with van der Waals surface area (Å²) in [4.78, 5) is 29.5. The van der Waals surface area contributed by atoms with E-state index in [1.807, 2.05) is 19.2 Å².